The van der Waals surface area contributed by atoms with E-state index in [9.17, 15) is 34.8 Å². The topological polar surface area (TPSA) is 168 Å². The molecule has 0 aliphatic carbocycles. The van der Waals surface area contributed by atoms with E-state index in [0.29, 0.717) is 7.14 Å². The summed E-state index contributed by atoms with van der Waals surface area (Å²) >= 11 is 5.56. The molecular formula is C16H20I3N3O7. The second kappa shape index (κ2) is 12.5. The molecule has 0 heterocycles. The highest BCUT2D eigenvalue weighted by Gasteiger charge is 2.29. The number of aliphatic hydroxyl groups excluding tert-OH is 4. The second-order valence-electron chi connectivity index (χ2n) is 5.82. The third kappa shape index (κ3) is 6.82. The smallest absolute Gasteiger partial charge is 0.253 e. The van der Waals surface area contributed by atoms with E-state index in [1.165, 1.54) is 6.92 Å². The summed E-state index contributed by atoms with van der Waals surface area (Å²) in [6, 6.07) is -1.80. The molecule has 3 amide bonds. The van der Waals surface area contributed by atoms with Crippen LogP contribution in [0.4, 0.5) is 5.69 Å². The monoisotopic (exact) mass is 747 g/mol. The van der Waals surface area contributed by atoms with Crippen molar-refractivity contribution in [2.75, 3.05) is 31.7 Å². The predicted octanol–water partition coefficient (Wildman–Crippen LogP) is -0.375. The molecule has 1 aromatic rings. The Morgan fingerprint density at radius 3 is 1.38 bits per heavy atom. The molecule has 0 saturated heterocycles. The van der Waals surface area contributed by atoms with Crippen molar-refractivity contribution >= 4 is 91.2 Å². The Hall–Kier alpha value is -0.340. The van der Waals surface area contributed by atoms with E-state index in [0.717, 1.165) is 0 Å². The van der Waals surface area contributed by atoms with E-state index in [1.807, 2.05) is 67.8 Å². The molecule has 0 saturated carbocycles. The maximum Gasteiger partial charge on any atom is 0.253 e. The van der Waals surface area contributed by atoms with Gasteiger partial charge in [0.25, 0.3) is 11.8 Å². The summed E-state index contributed by atoms with van der Waals surface area (Å²) in [6.45, 7) is -0.661. The van der Waals surface area contributed by atoms with Crippen LogP contribution in [-0.2, 0) is 4.79 Å². The van der Waals surface area contributed by atoms with Crippen molar-refractivity contribution in [3.05, 3.63) is 21.8 Å². The second-order valence-corrected chi connectivity index (χ2v) is 9.06. The molecule has 0 bridgehead atoms. The zero-order chi connectivity index (χ0) is 22.3. The van der Waals surface area contributed by atoms with E-state index in [4.69, 9.17) is 0 Å². The van der Waals surface area contributed by atoms with Gasteiger partial charge in [-0.3, -0.25) is 14.4 Å². The SMILES string of the molecule is CC(=O)Nc1c(I)c(C(=O)NC(CO)CO)c(I)c(C(=O)NC(CO)CO)c1I. The van der Waals surface area contributed by atoms with Crippen LogP contribution in [0.15, 0.2) is 0 Å². The lowest BCUT2D eigenvalue weighted by Crippen LogP contribution is -2.42. The lowest BCUT2D eigenvalue weighted by molar-refractivity contribution is -0.114. The molecule has 13 heteroatoms. The van der Waals surface area contributed by atoms with Gasteiger partial charge in [0.05, 0.1) is 62.5 Å². The van der Waals surface area contributed by atoms with Crippen LogP contribution in [0, 0.1) is 10.7 Å². The van der Waals surface area contributed by atoms with Gasteiger partial charge in [0.15, 0.2) is 0 Å². The Balaban J connectivity index is 3.61. The van der Waals surface area contributed by atoms with Crippen molar-refractivity contribution < 1.29 is 34.8 Å². The normalized spacial score (nSPS) is 11.0. The van der Waals surface area contributed by atoms with E-state index < -0.39 is 56.2 Å². The van der Waals surface area contributed by atoms with Crippen molar-refractivity contribution in [1.82, 2.24) is 10.6 Å². The van der Waals surface area contributed by atoms with Gasteiger partial charge >= 0.3 is 0 Å². The number of carbonyl (C=O) groups excluding carboxylic acids is 3. The lowest BCUT2D eigenvalue weighted by Gasteiger charge is -2.21. The van der Waals surface area contributed by atoms with Crippen LogP contribution in [-0.4, -0.2) is 76.7 Å². The van der Waals surface area contributed by atoms with Crippen LogP contribution < -0.4 is 16.0 Å². The summed E-state index contributed by atoms with van der Waals surface area (Å²) in [4.78, 5) is 37.3. The molecule has 1 rings (SSSR count). The van der Waals surface area contributed by atoms with Gasteiger partial charge in [0, 0.05) is 10.5 Å². The number of amides is 3. The minimum atomic E-state index is -0.900. The highest BCUT2D eigenvalue weighted by molar-refractivity contribution is 14.1. The van der Waals surface area contributed by atoms with Crippen LogP contribution >= 0.6 is 67.8 Å². The average Bonchev–Trinajstić information content (AvgIpc) is 2.67. The number of nitrogens with one attached hydrogen (secondary N) is 3. The minimum absolute atomic E-state index is 0.0805. The number of benzene rings is 1. The fourth-order valence-electron chi connectivity index (χ4n) is 2.16. The van der Waals surface area contributed by atoms with Crippen molar-refractivity contribution in [2.24, 2.45) is 0 Å². The van der Waals surface area contributed by atoms with Gasteiger partial charge in [-0.15, -0.1) is 0 Å². The van der Waals surface area contributed by atoms with Crippen LogP contribution in [0.3, 0.4) is 0 Å². The highest BCUT2D eigenvalue weighted by atomic mass is 127. The first-order valence-corrected chi connectivity index (χ1v) is 11.4. The fraction of sp³-hybridized carbons (Fsp3) is 0.438. The summed E-state index contributed by atoms with van der Waals surface area (Å²) in [5.74, 6) is -1.71. The van der Waals surface area contributed by atoms with E-state index in [2.05, 4.69) is 16.0 Å². The lowest BCUT2D eigenvalue weighted by atomic mass is 10.1. The molecule has 1 aromatic carbocycles. The van der Waals surface area contributed by atoms with Gasteiger partial charge < -0.3 is 36.4 Å². The Kier molecular flexibility index (Phi) is 11.5. The van der Waals surface area contributed by atoms with Crippen molar-refractivity contribution in [1.29, 1.82) is 0 Å². The van der Waals surface area contributed by atoms with E-state index in [-0.39, 0.29) is 20.4 Å². The van der Waals surface area contributed by atoms with Crippen LogP contribution in [0.25, 0.3) is 0 Å². The molecule has 0 atom stereocenters. The van der Waals surface area contributed by atoms with E-state index in [1.54, 1.807) is 0 Å². The molecule has 162 valence electrons. The summed E-state index contributed by atoms with van der Waals surface area (Å²) in [5, 5.41) is 44.4. The van der Waals surface area contributed by atoms with Crippen LogP contribution in [0.2, 0.25) is 0 Å². The van der Waals surface area contributed by atoms with Gasteiger partial charge in [-0.2, -0.15) is 0 Å². The number of hydrogen-bond acceptors (Lipinski definition) is 7. The molecule has 0 unspecified atom stereocenters. The molecule has 0 spiro atoms. The quantitative estimate of drug-likeness (QED) is 0.169. The third-order valence-electron chi connectivity index (χ3n) is 3.62. The first-order chi connectivity index (χ1) is 13.6. The minimum Gasteiger partial charge on any atom is -0.394 e. The molecule has 10 nitrogen and oxygen atoms in total. The molecule has 0 aromatic heterocycles. The molecule has 7 N–H and O–H groups in total. The molecule has 0 aliphatic rings. The maximum absolute atomic E-state index is 12.8. The average molecular weight is 747 g/mol. The number of carbonyl (C=O) groups is 3. The van der Waals surface area contributed by atoms with E-state index >= 15 is 0 Å². The number of hydrogen-bond donors (Lipinski definition) is 7. The van der Waals surface area contributed by atoms with Crippen LogP contribution in [0.1, 0.15) is 27.6 Å². The molecular weight excluding hydrogens is 727 g/mol. The zero-order valence-corrected chi connectivity index (χ0v) is 21.6. The predicted molar refractivity (Wildman–Crippen MR) is 130 cm³/mol. The molecule has 0 aliphatic heterocycles. The zero-order valence-electron chi connectivity index (χ0n) is 15.1. The Morgan fingerprint density at radius 1 is 0.759 bits per heavy atom. The van der Waals surface area contributed by atoms with Crippen LogP contribution in [0.5, 0.6) is 0 Å². The van der Waals surface area contributed by atoms with Crippen molar-refractivity contribution in [3.63, 3.8) is 0 Å². The molecule has 0 radical (unpaired) electrons. The largest absolute Gasteiger partial charge is 0.394 e. The maximum atomic E-state index is 12.8. The molecule has 0 fully saturated rings. The van der Waals surface area contributed by atoms with Gasteiger partial charge in [-0.1, -0.05) is 0 Å². The summed E-state index contributed by atoms with van der Waals surface area (Å²) in [7, 11) is 0. The first-order valence-electron chi connectivity index (χ1n) is 8.15. The van der Waals surface area contributed by atoms with Crippen molar-refractivity contribution in [3.8, 4) is 0 Å². The highest BCUT2D eigenvalue weighted by Crippen LogP contribution is 2.35. The Bertz CT molecular complexity index is 731. The van der Waals surface area contributed by atoms with Gasteiger partial charge in [0.1, 0.15) is 0 Å². The summed E-state index contributed by atoms with van der Waals surface area (Å²) in [5.41, 5.74) is 0.414. The third-order valence-corrected chi connectivity index (χ3v) is 6.86. The summed E-state index contributed by atoms with van der Waals surface area (Å²) < 4.78 is 1.01. The first kappa shape index (κ1) is 26.7. The van der Waals surface area contributed by atoms with Gasteiger partial charge in [-0.25, -0.2) is 0 Å². The Labute approximate surface area is 207 Å². The number of rotatable bonds is 9. The standard InChI is InChI=1S/C16H20I3N3O7/c1-6(27)20-14-12(18)9(15(28)21-7(2-23)3-24)11(17)10(13(14)19)16(29)22-8(4-25)5-26/h7-8,23-26H,2-5H2,1H3,(H,20,27)(H,21,28)(H,22,29). The molecule has 29 heavy (non-hydrogen) atoms. The summed E-state index contributed by atoms with van der Waals surface area (Å²) in [6.07, 6.45) is 0. The number of aliphatic hydroxyl groups is 4. The Morgan fingerprint density at radius 2 is 1.10 bits per heavy atom. The number of anilines is 1. The fourth-order valence-corrected chi connectivity index (χ4v) is 6.58. The van der Waals surface area contributed by atoms with Gasteiger partial charge in [0.2, 0.25) is 5.91 Å². The van der Waals surface area contributed by atoms with Gasteiger partial charge in [-0.05, 0) is 67.8 Å². The van der Waals surface area contributed by atoms with Crippen molar-refractivity contribution in [2.45, 2.75) is 19.0 Å². The number of halogens is 3.